The molecule has 1 N–H and O–H groups in total. The number of alkyl halides is 3. The minimum absolute atomic E-state index is 0.349. The van der Waals surface area contributed by atoms with Crippen molar-refractivity contribution in [3.63, 3.8) is 0 Å². The number of ether oxygens (including phenoxy) is 1. The second-order valence-corrected chi connectivity index (χ2v) is 11.3. The number of halogens is 4. The quantitative estimate of drug-likeness (QED) is 0.265. The van der Waals surface area contributed by atoms with Gasteiger partial charge in [0, 0.05) is 46.9 Å². The molecule has 202 valence electrons. The van der Waals surface area contributed by atoms with E-state index in [2.05, 4.69) is 21.2 Å². The lowest BCUT2D eigenvalue weighted by Gasteiger charge is -2.49. The molecule has 3 aromatic rings. The van der Waals surface area contributed by atoms with Gasteiger partial charge in [-0.1, -0.05) is 34.1 Å². The number of esters is 1. The van der Waals surface area contributed by atoms with Gasteiger partial charge in [0.05, 0.1) is 48.6 Å². The summed E-state index contributed by atoms with van der Waals surface area (Å²) in [5.74, 6) is -0.497. The summed E-state index contributed by atoms with van der Waals surface area (Å²) in [6.07, 6.45) is 0.909. The van der Waals surface area contributed by atoms with Crippen molar-refractivity contribution in [1.29, 1.82) is 0 Å². The van der Waals surface area contributed by atoms with E-state index in [4.69, 9.17) is 9.72 Å². The molecule has 0 saturated carbocycles. The topological polar surface area (TPSA) is 51.2 Å². The van der Waals surface area contributed by atoms with Crippen molar-refractivity contribution in [2.45, 2.75) is 50.9 Å². The predicted molar refractivity (Wildman–Crippen MR) is 145 cm³/mol. The van der Waals surface area contributed by atoms with Gasteiger partial charge in [-0.3, -0.25) is 0 Å². The van der Waals surface area contributed by atoms with Gasteiger partial charge in [0.1, 0.15) is 6.54 Å². The number of hydrogen-bond acceptors (Lipinski definition) is 4. The van der Waals surface area contributed by atoms with Gasteiger partial charge in [0.2, 0.25) is 0 Å². The van der Waals surface area contributed by atoms with E-state index < -0.39 is 17.7 Å². The molecular formula is C29H32BrF3N3O2+. The van der Waals surface area contributed by atoms with Gasteiger partial charge in [-0.05, 0) is 43.5 Å². The first-order chi connectivity index (χ1) is 18.2. The molecule has 0 aliphatic carbocycles. The summed E-state index contributed by atoms with van der Waals surface area (Å²) >= 11 is 3.47. The summed E-state index contributed by atoms with van der Waals surface area (Å²) in [5, 5.41) is 4.10. The van der Waals surface area contributed by atoms with Crippen LogP contribution in [0.3, 0.4) is 0 Å². The van der Waals surface area contributed by atoms with Crippen LogP contribution in [0.1, 0.15) is 53.6 Å². The van der Waals surface area contributed by atoms with Crippen LogP contribution in [-0.4, -0.2) is 54.8 Å². The van der Waals surface area contributed by atoms with Crippen molar-refractivity contribution < 1.29 is 27.2 Å². The predicted octanol–water partition coefficient (Wildman–Crippen LogP) is 6.72. The molecule has 3 heterocycles. The molecule has 2 fully saturated rings. The van der Waals surface area contributed by atoms with Crippen molar-refractivity contribution in [3.05, 3.63) is 63.6 Å². The molecule has 2 aliphatic rings. The van der Waals surface area contributed by atoms with E-state index in [1.54, 1.807) is 12.1 Å². The van der Waals surface area contributed by atoms with E-state index in [-0.39, 0.29) is 0 Å². The molecule has 38 heavy (non-hydrogen) atoms. The first-order valence-corrected chi connectivity index (χ1v) is 14.0. The van der Waals surface area contributed by atoms with Crippen LogP contribution in [0.2, 0.25) is 0 Å². The Bertz CT molecular complexity index is 1330. The van der Waals surface area contributed by atoms with Crippen LogP contribution in [0.25, 0.3) is 22.2 Å². The number of rotatable bonds is 5. The third-order valence-electron chi connectivity index (χ3n) is 8.17. The Hall–Kier alpha value is -2.49. The maximum Gasteiger partial charge on any atom is 0.416 e. The molecule has 5 nitrogen and oxygen atoms in total. The molecule has 5 rings (SSSR count). The minimum atomic E-state index is -4.49. The highest BCUT2D eigenvalue weighted by Crippen LogP contribution is 2.39. The summed E-state index contributed by atoms with van der Waals surface area (Å²) in [7, 11) is 1.35. The number of carbonyl (C=O) groups excluding carboxylic acids is 1. The Morgan fingerprint density at radius 2 is 1.84 bits per heavy atom. The van der Waals surface area contributed by atoms with Crippen LogP contribution in [-0.2, 0) is 17.5 Å². The minimum Gasteiger partial charge on any atom is -0.465 e. The fourth-order valence-electron chi connectivity index (χ4n) is 6.31. The molecule has 9 heteroatoms. The van der Waals surface area contributed by atoms with Crippen molar-refractivity contribution in [1.82, 2.24) is 10.3 Å². The third-order valence-corrected chi connectivity index (χ3v) is 8.66. The van der Waals surface area contributed by atoms with Crippen LogP contribution in [0.5, 0.6) is 0 Å². The zero-order valence-electron chi connectivity index (χ0n) is 21.4. The molecule has 1 aromatic heterocycles. The molecule has 0 radical (unpaired) electrons. The number of benzene rings is 2. The molecule has 0 unspecified atom stereocenters. The van der Waals surface area contributed by atoms with E-state index in [1.165, 1.54) is 19.6 Å². The summed E-state index contributed by atoms with van der Waals surface area (Å²) in [6.45, 7) is 4.37. The van der Waals surface area contributed by atoms with Gasteiger partial charge < -0.3 is 14.5 Å². The molecule has 0 amide bonds. The van der Waals surface area contributed by atoms with Crippen LogP contribution in [0, 0.1) is 0 Å². The van der Waals surface area contributed by atoms with E-state index >= 15 is 0 Å². The van der Waals surface area contributed by atoms with Gasteiger partial charge >= 0.3 is 12.1 Å². The molecular weight excluding hydrogens is 559 g/mol. The molecule has 2 saturated heterocycles. The first-order valence-electron chi connectivity index (χ1n) is 13.2. The second-order valence-electron chi connectivity index (χ2n) is 10.4. The van der Waals surface area contributed by atoms with Crippen molar-refractivity contribution in [3.8, 4) is 11.3 Å². The zero-order valence-corrected chi connectivity index (χ0v) is 23.0. The largest absolute Gasteiger partial charge is 0.465 e. The van der Waals surface area contributed by atoms with Crippen molar-refractivity contribution in [2.24, 2.45) is 0 Å². The Balaban J connectivity index is 1.77. The summed E-state index contributed by atoms with van der Waals surface area (Å²) < 4.78 is 48.0. The monoisotopic (exact) mass is 590 g/mol. The number of quaternary nitrogens is 1. The van der Waals surface area contributed by atoms with E-state index in [0.29, 0.717) is 45.9 Å². The number of piperidine rings is 2. The first kappa shape index (κ1) is 27.1. The Morgan fingerprint density at radius 3 is 2.53 bits per heavy atom. The lowest BCUT2D eigenvalue weighted by atomic mass is 9.91. The maximum atomic E-state index is 13.7. The number of pyridine rings is 1. The highest BCUT2D eigenvalue weighted by Gasteiger charge is 2.41. The second kappa shape index (κ2) is 10.9. The Labute approximate surface area is 229 Å². The van der Waals surface area contributed by atoms with E-state index in [0.717, 1.165) is 73.0 Å². The maximum absolute atomic E-state index is 13.7. The highest BCUT2D eigenvalue weighted by molar-refractivity contribution is 9.10. The molecule has 0 bridgehead atoms. The lowest BCUT2D eigenvalue weighted by Crippen LogP contribution is -2.60. The number of carbonyl (C=O) groups is 1. The SMILES string of the molecule is COC(=O)c1c(C[N+]2(C3CCNCC3)CCCCC2)c(-c2cccc(C(F)(F)F)c2)nc2cc(Br)ccc12. The average molecular weight is 591 g/mol. The number of nitrogens with one attached hydrogen (secondary N) is 1. The van der Waals surface area contributed by atoms with Crippen LogP contribution in [0.15, 0.2) is 46.9 Å². The van der Waals surface area contributed by atoms with Crippen molar-refractivity contribution >= 4 is 32.8 Å². The number of fused-ring (bicyclic) bond motifs is 1. The third kappa shape index (κ3) is 5.33. The molecule has 2 aliphatic heterocycles. The smallest absolute Gasteiger partial charge is 0.416 e. The fraction of sp³-hybridized carbons (Fsp3) is 0.448. The van der Waals surface area contributed by atoms with Crippen LogP contribution in [0.4, 0.5) is 13.2 Å². The average Bonchev–Trinajstić information content (AvgIpc) is 2.93. The van der Waals surface area contributed by atoms with Gasteiger partial charge in [-0.15, -0.1) is 0 Å². The zero-order chi connectivity index (χ0) is 26.9. The molecule has 0 atom stereocenters. The lowest BCUT2D eigenvalue weighted by molar-refractivity contribution is -0.968. The highest BCUT2D eigenvalue weighted by atomic mass is 79.9. The van der Waals surface area contributed by atoms with E-state index in [9.17, 15) is 18.0 Å². The van der Waals surface area contributed by atoms with Gasteiger partial charge in [-0.2, -0.15) is 13.2 Å². The Kier molecular flexibility index (Phi) is 7.80. The number of aromatic nitrogens is 1. The van der Waals surface area contributed by atoms with Crippen molar-refractivity contribution in [2.75, 3.05) is 33.3 Å². The van der Waals surface area contributed by atoms with Crippen LogP contribution < -0.4 is 5.32 Å². The van der Waals surface area contributed by atoms with Crippen LogP contribution >= 0.6 is 15.9 Å². The Morgan fingerprint density at radius 1 is 1.11 bits per heavy atom. The molecule has 0 spiro atoms. The normalized spacial score (nSPS) is 18.4. The number of hydrogen-bond donors (Lipinski definition) is 1. The van der Waals surface area contributed by atoms with Gasteiger partial charge in [0.15, 0.2) is 0 Å². The number of likely N-dealkylation sites (tertiary alicyclic amines) is 1. The van der Waals surface area contributed by atoms with Gasteiger partial charge in [-0.25, -0.2) is 9.78 Å². The standard InChI is InChI=1S/C29H32BrF3N3O2/c1-38-28(37)26-23-9-8-21(30)17-25(23)35-27(19-6-5-7-20(16-19)29(31,32)33)24(26)18-36(14-3-2-4-15-36)22-10-12-34-13-11-22/h5-9,16-17,22,34H,2-4,10-15,18H2,1H3/q+1. The summed E-state index contributed by atoms with van der Waals surface area (Å²) in [4.78, 5) is 18.3. The molecule has 2 aromatic carbocycles. The van der Waals surface area contributed by atoms with Gasteiger partial charge in [0.25, 0.3) is 0 Å². The summed E-state index contributed by atoms with van der Waals surface area (Å²) in [5.41, 5.74) is 1.63. The summed E-state index contributed by atoms with van der Waals surface area (Å²) in [6, 6.07) is 11.2. The fourth-order valence-corrected chi connectivity index (χ4v) is 6.66. The number of nitrogens with zero attached hydrogens (tertiary/aromatic N) is 2. The van der Waals surface area contributed by atoms with E-state index in [1.807, 2.05) is 12.1 Å². The number of methoxy groups -OCH3 is 1.